The average molecular weight is 429 g/mol. The van der Waals surface area contributed by atoms with Crippen molar-refractivity contribution < 1.29 is 28.7 Å². The minimum Gasteiger partial charge on any atom is -0.385 e. The molecule has 2 heterocycles. The summed E-state index contributed by atoms with van der Waals surface area (Å²) >= 11 is 0. The Morgan fingerprint density at radius 3 is 2.23 bits per heavy atom. The highest BCUT2D eigenvalue weighted by molar-refractivity contribution is 6.22. The lowest BCUT2D eigenvalue weighted by Gasteiger charge is -2.35. The zero-order valence-corrected chi connectivity index (χ0v) is 17.9. The third-order valence-corrected chi connectivity index (χ3v) is 5.56. The average Bonchev–Trinajstić information content (AvgIpc) is 3.01. The van der Waals surface area contributed by atoms with Crippen LogP contribution in [0.2, 0.25) is 0 Å². The fraction of sp³-hybridized carbons (Fsp3) is 0.500. The van der Waals surface area contributed by atoms with Gasteiger partial charge in [-0.3, -0.25) is 24.1 Å². The van der Waals surface area contributed by atoms with E-state index in [1.54, 1.807) is 23.0 Å². The first-order chi connectivity index (χ1) is 14.8. The summed E-state index contributed by atoms with van der Waals surface area (Å²) in [5, 5.41) is 0. The summed E-state index contributed by atoms with van der Waals surface area (Å²) in [7, 11) is 1.56. The number of benzene rings is 1. The van der Waals surface area contributed by atoms with Crippen molar-refractivity contribution in [1.29, 1.82) is 0 Å². The Bertz CT molecular complexity index is 905. The van der Waals surface area contributed by atoms with Crippen LogP contribution in [0.25, 0.3) is 0 Å². The molecule has 166 valence electrons. The molecule has 0 radical (unpaired) electrons. The third kappa shape index (κ3) is 4.99. The number of rotatable bonds is 8. The van der Waals surface area contributed by atoms with Crippen LogP contribution in [0.15, 0.2) is 18.2 Å². The molecule has 0 bridgehead atoms. The second kappa shape index (κ2) is 9.82. The third-order valence-electron chi connectivity index (χ3n) is 5.56. The van der Waals surface area contributed by atoms with Crippen molar-refractivity contribution in [3.63, 3.8) is 0 Å². The molecule has 1 saturated heterocycles. The number of ketones is 1. The molecule has 1 fully saturated rings. The fourth-order valence-electron chi connectivity index (χ4n) is 3.78. The van der Waals surface area contributed by atoms with E-state index in [0.29, 0.717) is 50.3 Å². The number of nitrogens with zero attached hydrogens (tertiary/aromatic N) is 3. The maximum Gasteiger partial charge on any atom is 0.261 e. The number of carbonyl (C=O) groups excluding carboxylic acids is 5. The Labute approximate surface area is 180 Å². The number of ether oxygens (including phenoxy) is 1. The maximum absolute atomic E-state index is 12.9. The topological polar surface area (TPSA) is 104 Å². The van der Waals surface area contributed by atoms with Gasteiger partial charge in [0.1, 0.15) is 5.78 Å². The first kappa shape index (κ1) is 22.6. The van der Waals surface area contributed by atoms with Gasteiger partial charge in [-0.2, -0.15) is 0 Å². The highest BCUT2D eigenvalue weighted by Gasteiger charge is 2.36. The summed E-state index contributed by atoms with van der Waals surface area (Å²) in [6.07, 6.45) is 0.955. The summed E-state index contributed by atoms with van der Waals surface area (Å²) in [5.74, 6) is -1.10. The molecule has 0 atom stereocenters. The lowest BCUT2D eigenvalue weighted by Crippen LogP contribution is -2.50. The summed E-state index contributed by atoms with van der Waals surface area (Å²) in [4.78, 5) is 65.8. The number of carbonyl (C=O) groups is 5. The van der Waals surface area contributed by atoms with Crippen LogP contribution in [-0.2, 0) is 14.3 Å². The number of hydrogen-bond donors (Lipinski definition) is 0. The molecule has 1 aromatic carbocycles. The normalized spacial score (nSPS) is 16.0. The van der Waals surface area contributed by atoms with Crippen molar-refractivity contribution in [2.75, 3.05) is 46.4 Å². The number of amides is 4. The molecule has 0 N–H and O–H groups in total. The maximum atomic E-state index is 12.9. The minimum atomic E-state index is -0.397. The van der Waals surface area contributed by atoms with Gasteiger partial charge >= 0.3 is 0 Å². The summed E-state index contributed by atoms with van der Waals surface area (Å²) < 4.78 is 4.97. The summed E-state index contributed by atoms with van der Waals surface area (Å²) in [5.41, 5.74) is 0.890. The van der Waals surface area contributed by atoms with E-state index in [9.17, 15) is 24.0 Å². The second-order valence-electron chi connectivity index (χ2n) is 7.74. The van der Waals surface area contributed by atoms with Crippen molar-refractivity contribution in [3.8, 4) is 0 Å². The molecule has 31 heavy (non-hydrogen) atoms. The Kier molecular flexibility index (Phi) is 7.17. The van der Waals surface area contributed by atoms with E-state index in [-0.39, 0.29) is 48.5 Å². The molecule has 4 amide bonds. The molecule has 9 nitrogen and oxygen atoms in total. The molecule has 0 aliphatic carbocycles. The van der Waals surface area contributed by atoms with E-state index in [1.165, 1.54) is 24.0 Å². The van der Waals surface area contributed by atoms with Crippen LogP contribution in [0.4, 0.5) is 0 Å². The van der Waals surface area contributed by atoms with Crippen molar-refractivity contribution in [1.82, 2.24) is 14.7 Å². The van der Waals surface area contributed by atoms with Gasteiger partial charge in [0.25, 0.3) is 17.7 Å². The zero-order chi connectivity index (χ0) is 22.5. The number of piperazine rings is 1. The molecule has 9 heteroatoms. The van der Waals surface area contributed by atoms with Gasteiger partial charge in [-0.25, -0.2) is 0 Å². The van der Waals surface area contributed by atoms with Crippen LogP contribution >= 0.6 is 0 Å². The Balaban J connectivity index is 1.62. The highest BCUT2D eigenvalue weighted by atomic mass is 16.5. The molecule has 0 spiro atoms. The first-order valence-electron chi connectivity index (χ1n) is 10.4. The van der Waals surface area contributed by atoms with Gasteiger partial charge in [0.05, 0.1) is 11.1 Å². The van der Waals surface area contributed by atoms with E-state index in [0.717, 1.165) is 0 Å². The number of methoxy groups -OCH3 is 1. The first-order valence-corrected chi connectivity index (χ1v) is 10.4. The number of fused-ring (bicyclic) bond motifs is 1. The highest BCUT2D eigenvalue weighted by Crippen LogP contribution is 2.25. The largest absolute Gasteiger partial charge is 0.385 e. The summed E-state index contributed by atoms with van der Waals surface area (Å²) in [6, 6.07) is 4.58. The van der Waals surface area contributed by atoms with E-state index in [1.807, 2.05) is 0 Å². The van der Waals surface area contributed by atoms with Crippen LogP contribution < -0.4 is 0 Å². The van der Waals surface area contributed by atoms with E-state index >= 15 is 0 Å². The van der Waals surface area contributed by atoms with Gasteiger partial charge in [-0.1, -0.05) is 0 Å². The van der Waals surface area contributed by atoms with E-state index < -0.39 is 5.91 Å². The molecule has 0 saturated carbocycles. The minimum absolute atomic E-state index is 0.0240. The standard InChI is InChI=1S/C22H27N3O6/c1-15(26)4-7-19(27)23-9-11-24(12-10-23)20(28)16-5-6-17-18(14-16)22(30)25(21(17)29)8-3-13-31-2/h5-6,14H,3-4,7-13H2,1-2H3. The number of hydrogen-bond acceptors (Lipinski definition) is 6. The van der Waals surface area contributed by atoms with Crippen molar-refractivity contribution in [2.45, 2.75) is 26.2 Å². The monoisotopic (exact) mass is 429 g/mol. The Morgan fingerprint density at radius 1 is 0.935 bits per heavy atom. The predicted octanol–water partition coefficient (Wildman–Crippen LogP) is 0.973. The van der Waals surface area contributed by atoms with Gasteiger partial charge in [0, 0.05) is 64.8 Å². The molecular formula is C22H27N3O6. The Hall–Kier alpha value is -3.07. The molecule has 0 aromatic heterocycles. The van der Waals surface area contributed by atoms with Crippen LogP contribution in [0, 0.1) is 0 Å². The molecule has 1 aromatic rings. The molecule has 3 rings (SSSR count). The van der Waals surface area contributed by atoms with Gasteiger partial charge < -0.3 is 19.3 Å². The lowest BCUT2D eigenvalue weighted by molar-refractivity contribution is -0.134. The van der Waals surface area contributed by atoms with Gasteiger partial charge in [-0.05, 0) is 31.5 Å². The SMILES string of the molecule is COCCCN1C(=O)c2ccc(C(=O)N3CCN(C(=O)CCC(C)=O)CC3)cc2C1=O. The van der Waals surface area contributed by atoms with Crippen LogP contribution in [0.5, 0.6) is 0 Å². The fourth-order valence-corrected chi connectivity index (χ4v) is 3.78. The number of imide groups is 1. The molecule has 2 aliphatic rings. The van der Waals surface area contributed by atoms with Crippen molar-refractivity contribution in [2.24, 2.45) is 0 Å². The van der Waals surface area contributed by atoms with Crippen molar-refractivity contribution in [3.05, 3.63) is 34.9 Å². The van der Waals surface area contributed by atoms with Crippen LogP contribution in [-0.4, -0.2) is 90.6 Å². The quantitative estimate of drug-likeness (QED) is 0.451. The van der Waals surface area contributed by atoms with Crippen molar-refractivity contribution >= 4 is 29.4 Å². The lowest BCUT2D eigenvalue weighted by atomic mass is 10.0. The number of Topliss-reactive ketones (excluding diaryl/α,β-unsaturated/α-hetero) is 1. The smallest absolute Gasteiger partial charge is 0.261 e. The van der Waals surface area contributed by atoms with Crippen LogP contribution in [0.3, 0.4) is 0 Å². The summed E-state index contributed by atoms with van der Waals surface area (Å²) in [6.45, 7) is 3.72. The molecule has 2 aliphatic heterocycles. The van der Waals surface area contributed by atoms with Crippen LogP contribution in [0.1, 0.15) is 57.3 Å². The van der Waals surface area contributed by atoms with Gasteiger partial charge in [-0.15, -0.1) is 0 Å². The Morgan fingerprint density at radius 2 is 1.58 bits per heavy atom. The molecule has 0 unspecified atom stereocenters. The second-order valence-corrected chi connectivity index (χ2v) is 7.74. The van der Waals surface area contributed by atoms with Gasteiger partial charge in [0.15, 0.2) is 0 Å². The zero-order valence-electron chi connectivity index (χ0n) is 17.9. The van der Waals surface area contributed by atoms with E-state index in [2.05, 4.69) is 0 Å². The van der Waals surface area contributed by atoms with Gasteiger partial charge in [0.2, 0.25) is 5.91 Å². The molecular weight excluding hydrogens is 402 g/mol. The van der Waals surface area contributed by atoms with E-state index in [4.69, 9.17) is 4.74 Å². The predicted molar refractivity (Wildman–Crippen MR) is 111 cm³/mol.